The summed E-state index contributed by atoms with van der Waals surface area (Å²) in [7, 11) is -0.385. The molecule has 1 saturated heterocycles. The number of carbonyl (C=O) groups is 1. The van der Waals surface area contributed by atoms with Gasteiger partial charge in [0.15, 0.2) is 17.3 Å². The molecule has 1 heterocycles. The number of nitrogens with one attached hydrogen (secondary N) is 1. The van der Waals surface area contributed by atoms with E-state index in [1.807, 2.05) is 18.2 Å². The maximum atomic E-state index is 13.0. The summed E-state index contributed by atoms with van der Waals surface area (Å²) >= 11 is 0. The lowest BCUT2D eigenvalue weighted by atomic mass is 10.0. The number of rotatable bonds is 10. The molecule has 0 saturated carbocycles. The number of hydrogen-bond donors (Lipinski definition) is 1. The summed E-state index contributed by atoms with van der Waals surface area (Å²) in [5.41, 5.74) is 1.46. The van der Waals surface area contributed by atoms with Crippen LogP contribution in [0.2, 0.25) is 0 Å². The molecular weight excluding hydrogens is 428 g/mol. The molecule has 0 amide bonds. The van der Waals surface area contributed by atoms with Gasteiger partial charge in [-0.2, -0.15) is 4.31 Å². The zero-order chi connectivity index (χ0) is 23.1. The maximum Gasteiger partial charge on any atom is 0.243 e. The highest BCUT2D eigenvalue weighted by Gasteiger charge is 2.28. The van der Waals surface area contributed by atoms with E-state index in [1.54, 1.807) is 32.4 Å². The van der Waals surface area contributed by atoms with Gasteiger partial charge < -0.3 is 14.8 Å². The Hall–Kier alpha value is -2.42. The molecule has 1 aliphatic rings. The molecule has 1 aliphatic heterocycles. The third-order valence-corrected chi connectivity index (χ3v) is 7.75. The molecule has 0 radical (unpaired) electrons. The Morgan fingerprint density at radius 1 is 1.06 bits per heavy atom. The van der Waals surface area contributed by atoms with Crippen molar-refractivity contribution in [2.75, 3.05) is 40.4 Å². The van der Waals surface area contributed by atoms with Gasteiger partial charge in [0.2, 0.25) is 10.0 Å². The predicted octanol–water partition coefficient (Wildman–Crippen LogP) is 3.14. The van der Waals surface area contributed by atoms with E-state index in [4.69, 9.17) is 9.47 Å². The SMILES string of the molecule is COc1ccc(CCNCC(=O)c2cccc(S(=O)(=O)N3CCC(C)CC3)c2)cc1OC. The van der Waals surface area contributed by atoms with Crippen molar-refractivity contribution in [3.8, 4) is 11.5 Å². The minimum Gasteiger partial charge on any atom is -0.493 e. The quantitative estimate of drug-likeness (QED) is 0.433. The highest BCUT2D eigenvalue weighted by molar-refractivity contribution is 7.89. The lowest BCUT2D eigenvalue weighted by molar-refractivity contribution is 0.0991. The topological polar surface area (TPSA) is 84.9 Å². The van der Waals surface area contributed by atoms with Gasteiger partial charge in [-0.1, -0.05) is 25.1 Å². The standard InChI is InChI=1S/C24H32N2O5S/c1-18-10-13-26(14-11-18)32(28,29)21-6-4-5-20(16-21)22(27)17-25-12-9-19-7-8-23(30-2)24(15-19)31-3/h4-8,15-16,18,25H,9-14,17H2,1-3H3. The van der Waals surface area contributed by atoms with Crippen molar-refractivity contribution in [2.24, 2.45) is 5.92 Å². The third kappa shape index (κ3) is 5.88. The van der Waals surface area contributed by atoms with Crippen LogP contribution >= 0.6 is 0 Å². The number of nitrogens with zero attached hydrogens (tertiary/aromatic N) is 1. The first kappa shape index (κ1) is 24.2. The van der Waals surface area contributed by atoms with Crippen LogP contribution in [0.25, 0.3) is 0 Å². The van der Waals surface area contributed by atoms with E-state index in [-0.39, 0.29) is 17.2 Å². The van der Waals surface area contributed by atoms with Crippen LogP contribution in [0.4, 0.5) is 0 Å². The molecule has 1 N–H and O–H groups in total. The molecule has 3 rings (SSSR count). The van der Waals surface area contributed by atoms with Crippen LogP contribution in [0.5, 0.6) is 11.5 Å². The van der Waals surface area contributed by atoms with Gasteiger partial charge >= 0.3 is 0 Å². The van der Waals surface area contributed by atoms with Crippen LogP contribution in [-0.4, -0.2) is 58.9 Å². The molecular formula is C24H32N2O5S. The number of Topliss-reactive ketones (excluding diaryl/α,β-unsaturated/α-hetero) is 1. The van der Waals surface area contributed by atoms with Crippen molar-refractivity contribution < 1.29 is 22.7 Å². The molecule has 0 unspecified atom stereocenters. The number of benzene rings is 2. The number of ketones is 1. The average molecular weight is 461 g/mol. The van der Waals surface area contributed by atoms with E-state index in [0.29, 0.717) is 42.6 Å². The smallest absolute Gasteiger partial charge is 0.243 e. The summed E-state index contributed by atoms with van der Waals surface area (Å²) in [6, 6.07) is 12.1. The van der Waals surface area contributed by atoms with Crippen molar-refractivity contribution >= 4 is 15.8 Å². The largest absolute Gasteiger partial charge is 0.493 e. The van der Waals surface area contributed by atoms with Crippen LogP contribution in [0.3, 0.4) is 0 Å². The van der Waals surface area contributed by atoms with Crippen LogP contribution in [0.15, 0.2) is 47.4 Å². The van der Waals surface area contributed by atoms with Gasteiger partial charge in [-0.3, -0.25) is 4.79 Å². The van der Waals surface area contributed by atoms with Gasteiger partial charge in [0.1, 0.15) is 0 Å². The second-order valence-electron chi connectivity index (χ2n) is 8.15. The minimum atomic E-state index is -3.58. The van der Waals surface area contributed by atoms with Gasteiger partial charge in [0.05, 0.1) is 25.7 Å². The summed E-state index contributed by atoms with van der Waals surface area (Å²) in [6.07, 6.45) is 2.44. The van der Waals surface area contributed by atoms with Crippen LogP contribution in [0.1, 0.15) is 35.7 Å². The molecule has 0 atom stereocenters. The van der Waals surface area contributed by atoms with E-state index < -0.39 is 10.0 Å². The first-order valence-corrected chi connectivity index (χ1v) is 12.3. The second kappa shape index (κ2) is 10.9. The highest BCUT2D eigenvalue weighted by atomic mass is 32.2. The Balaban J connectivity index is 1.56. The van der Waals surface area contributed by atoms with Crippen molar-refractivity contribution in [3.05, 3.63) is 53.6 Å². The van der Waals surface area contributed by atoms with Gasteiger partial charge in [0, 0.05) is 18.7 Å². The van der Waals surface area contributed by atoms with E-state index in [9.17, 15) is 13.2 Å². The summed E-state index contributed by atoms with van der Waals surface area (Å²) < 4.78 is 38.0. The normalized spacial score (nSPS) is 15.5. The Morgan fingerprint density at radius 2 is 1.78 bits per heavy atom. The number of methoxy groups -OCH3 is 2. The number of hydrogen-bond acceptors (Lipinski definition) is 6. The number of carbonyl (C=O) groups excluding carboxylic acids is 1. The van der Waals surface area contributed by atoms with Crippen molar-refractivity contribution in [1.82, 2.24) is 9.62 Å². The van der Waals surface area contributed by atoms with Crippen LogP contribution in [0, 0.1) is 5.92 Å². The van der Waals surface area contributed by atoms with Gasteiger partial charge in [-0.15, -0.1) is 0 Å². The second-order valence-corrected chi connectivity index (χ2v) is 10.1. The molecule has 0 aromatic heterocycles. The van der Waals surface area contributed by atoms with Crippen molar-refractivity contribution in [1.29, 1.82) is 0 Å². The Labute approximate surface area is 190 Å². The van der Waals surface area contributed by atoms with Crippen molar-refractivity contribution in [3.63, 3.8) is 0 Å². The fourth-order valence-electron chi connectivity index (χ4n) is 3.78. The zero-order valence-electron chi connectivity index (χ0n) is 19.0. The van der Waals surface area contributed by atoms with E-state index in [0.717, 1.165) is 24.8 Å². The molecule has 8 heteroatoms. The lowest BCUT2D eigenvalue weighted by Crippen LogP contribution is -2.37. The number of sulfonamides is 1. The summed E-state index contributed by atoms with van der Waals surface area (Å²) in [6.45, 7) is 3.93. The average Bonchev–Trinajstić information content (AvgIpc) is 2.81. The monoisotopic (exact) mass is 460 g/mol. The number of ether oxygens (including phenoxy) is 2. The van der Waals surface area contributed by atoms with E-state index in [2.05, 4.69) is 12.2 Å². The molecule has 0 spiro atoms. The fraction of sp³-hybridized carbons (Fsp3) is 0.458. The molecule has 32 heavy (non-hydrogen) atoms. The molecule has 2 aromatic rings. The lowest BCUT2D eigenvalue weighted by Gasteiger charge is -2.29. The third-order valence-electron chi connectivity index (χ3n) is 5.86. The van der Waals surface area contributed by atoms with E-state index in [1.165, 1.54) is 10.4 Å². The summed E-state index contributed by atoms with van der Waals surface area (Å²) in [5, 5.41) is 3.14. The zero-order valence-corrected chi connectivity index (χ0v) is 19.8. The summed E-state index contributed by atoms with van der Waals surface area (Å²) in [5.74, 6) is 1.75. The molecule has 1 fully saturated rings. The van der Waals surface area contributed by atoms with Gasteiger partial charge in [-0.05, 0) is 61.6 Å². The van der Waals surface area contributed by atoms with Crippen LogP contribution < -0.4 is 14.8 Å². The molecule has 0 aliphatic carbocycles. The van der Waals surface area contributed by atoms with E-state index >= 15 is 0 Å². The Morgan fingerprint density at radius 3 is 2.47 bits per heavy atom. The molecule has 174 valence electrons. The van der Waals surface area contributed by atoms with Gasteiger partial charge in [-0.25, -0.2) is 8.42 Å². The summed E-state index contributed by atoms with van der Waals surface area (Å²) in [4.78, 5) is 12.8. The minimum absolute atomic E-state index is 0.137. The van der Waals surface area contributed by atoms with Crippen molar-refractivity contribution in [2.45, 2.75) is 31.1 Å². The molecule has 2 aromatic carbocycles. The first-order chi connectivity index (χ1) is 15.3. The number of piperidine rings is 1. The predicted molar refractivity (Wildman–Crippen MR) is 124 cm³/mol. The van der Waals surface area contributed by atoms with Gasteiger partial charge in [0.25, 0.3) is 0 Å². The molecule has 7 nitrogen and oxygen atoms in total. The maximum absolute atomic E-state index is 13.0. The first-order valence-electron chi connectivity index (χ1n) is 10.9. The van der Waals surface area contributed by atoms with Crippen LogP contribution in [-0.2, 0) is 16.4 Å². The Bertz CT molecular complexity index is 1030. The highest BCUT2D eigenvalue weighted by Crippen LogP contribution is 2.27. The Kier molecular flexibility index (Phi) is 8.28. The fourth-order valence-corrected chi connectivity index (χ4v) is 5.29. The molecule has 0 bridgehead atoms.